The van der Waals surface area contributed by atoms with Crippen molar-refractivity contribution in [2.24, 2.45) is 0 Å². The lowest BCUT2D eigenvalue weighted by Gasteiger charge is -2.08. The van der Waals surface area contributed by atoms with E-state index in [9.17, 15) is 9.59 Å². The van der Waals surface area contributed by atoms with E-state index in [1.807, 2.05) is 13.8 Å². The average Bonchev–Trinajstić information content (AvgIpc) is 2.45. The number of carbonyl (C=O) groups is 2. The van der Waals surface area contributed by atoms with Crippen LogP contribution in [0.1, 0.15) is 52.4 Å². The molecule has 0 saturated heterocycles. The van der Waals surface area contributed by atoms with Crippen LogP contribution in [0.3, 0.4) is 0 Å². The summed E-state index contributed by atoms with van der Waals surface area (Å²) in [5, 5.41) is 0. The summed E-state index contributed by atoms with van der Waals surface area (Å²) in [6.07, 6.45) is 5.12. The van der Waals surface area contributed by atoms with Gasteiger partial charge in [0, 0.05) is 11.1 Å². The van der Waals surface area contributed by atoms with Crippen molar-refractivity contribution in [3.8, 4) is 0 Å². The Labute approximate surface area is 121 Å². The highest BCUT2D eigenvalue weighted by Gasteiger charge is 2.10. The molecule has 0 amide bonds. The molecule has 0 unspecified atom stereocenters. The zero-order valence-corrected chi connectivity index (χ0v) is 12.7. The highest BCUT2D eigenvalue weighted by atomic mass is 16.6. The van der Waals surface area contributed by atoms with E-state index in [0.29, 0.717) is 24.0 Å². The van der Waals surface area contributed by atoms with Gasteiger partial charge in [0.2, 0.25) is 0 Å². The predicted octanol–water partition coefficient (Wildman–Crippen LogP) is 3.57. The number of carbonyl (C=O) groups excluding carboxylic acids is 2. The van der Waals surface area contributed by atoms with E-state index in [1.54, 1.807) is 0 Å². The minimum absolute atomic E-state index is 0.0524. The van der Waals surface area contributed by atoms with Gasteiger partial charge in [-0.3, -0.25) is 0 Å². The van der Waals surface area contributed by atoms with Crippen molar-refractivity contribution >= 4 is 11.9 Å². The van der Waals surface area contributed by atoms with Crippen LogP contribution in [0, 0.1) is 0 Å². The molecule has 0 fully saturated rings. The monoisotopic (exact) mass is 282 g/mol. The number of unbranched alkanes of at least 4 members (excludes halogenated alkanes) is 2. The maximum atomic E-state index is 11.5. The van der Waals surface area contributed by atoms with E-state index in [0.717, 1.165) is 25.7 Å². The van der Waals surface area contributed by atoms with Gasteiger partial charge in [0.1, 0.15) is 13.2 Å². The van der Waals surface area contributed by atoms with Crippen molar-refractivity contribution in [3.63, 3.8) is 0 Å². The molecule has 0 rings (SSSR count). The molecule has 0 heterocycles. The fourth-order valence-electron chi connectivity index (χ4n) is 1.46. The van der Waals surface area contributed by atoms with Crippen molar-refractivity contribution in [2.75, 3.05) is 13.2 Å². The summed E-state index contributed by atoms with van der Waals surface area (Å²) in [7, 11) is 0. The molecule has 0 bridgehead atoms. The van der Waals surface area contributed by atoms with Gasteiger partial charge in [0.25, 0.3) is 0 Å². The average molecular weight is 282 g/mol. The quantitative estimate of drug-likeness (QED) is 0.330. The summed E-state index contributed by atoms with van der Waals surface area (Å²) in [5.74, 6) is -0.835. The van der Waals surface area contributed by atoms with Crippen LogP contribution >= 0.6 is 0 Å². The molecular weight excluding hydrogens is 256 g/mol. The van der Waals surface area contributed by atoms with Crippen molar-refractivity contribution in [1.29, 1.82) is 0 Å². The van der Waals surface area contributed by atoms with Crippen LogP contribution in [-0.2, 0) is 19.1 Å². The second-order valence-electron chi connectivity index (χ2n) is 4.69. The smallest absolute Gasteiger partial charge is 0.333 e. The molecule has 0 saturated carbocycles. The van der Waals surface area contributed by atoms with E-state index in [2.05, 4.69) is 13.2 Å². The standard InChI is InChI=1S/C16H26O4/c1-5-7-9-13(3)15(17)19-11-12-20-16(18)14(4)10-8-6-2/h3-12H2,1-2H3. The summed E-state index contributed by atoms with van der Waals surface area (Å²) >= 11 is 0. The first-order chi connectivity index (χ1) is 9.52. The zero-order valence-electron chi connectivity index (χ0n) is 12.7. The molecule has 114 valence electrons. The van der Waals surface area contributed by atoms with Crippen LogP contribution in [0.15, 0.2) is 24.3 Å². The topological polar surface area (TPSA) is 52.6 Å². The normalized spacial score (nSPS) is 9.90. The Kier molecular flexibility index (Phi) is 10.4. The van der Waals surface area contributed by atoms with Gasteiger partial charge >= 0.3 is 11.9 Å². The molecule has 0 aromatic heterocycles. The third kappa shape index (κ3) is 8.51. The van der Waals surface area contributed by atoms with E-state index >= 15 is 0 Å². The summed E-state index contributed by atoms with van der Waals surface area (Å²) < 4.78 is 9.93. The van der Waals surface area contributed by atoms with Gasteiger partial charge in [-0.15, -0.1) is 0 Å². The van der Waals surface area contributed by atoms with E-state index in [-0.39, 0.29) is 13.2 Å². The van der Waals surface area contributed by atoms with Crippen molar-refractivity contribution in [1.82, 2.24) is 0 Å². The molecule has 0 aromatic rings. The second kappa shape index (κ2) is 11.3. The molecule has 0 aliphatic rings. The Morgan fingerprint density at radius 3 is 1.45 bits per heavy atom. The predicted molar refractivity (Wildman–Crippen MR) is 79.2 cm³/mol. The van der Waals surface area contributed by atoms with Crippen LogP contribution in [-0.4, -0.2) is 25.2 Å². The minimum Gasteiger partial charge on any atom is -0.459 e. The van der Waals surface area contributed by atoms with Gasteiger partial charge in [-0.25, -0.2) is 9.59 Å². The van der Waals surface area contributed by atoms with Crippen molar-refractivity contribution < 1.29 is 19.1 Å². The second-order valence-corrected chi connectivity index (χ2v) is 4.69. The molecule has 4 heteroatoms. The fraction of sp³-hybridized carbons (Fsp3) is 0.625. The lowest BCUT2D eigenvalue weighted by atomic mass is 10.1. The summed E-state index contributed by atoms with van der Waals surface area (Å²) in [5.41, 5.74) is 0.927. The SMILES string of the molecule is C=C(CCCC)C(=O)OCCOC(=O)C(=C)CCCC. The number of hydrogen-bond donors (Lipinski definition) is 0. The molecular formula is C16H26O4. The maximum Gasteiger partial charge on any atom is 0.333 e. The van der Waals surface area contributed by atoms with Gasteiger partial charge in [0.15, 0.2) is 0 Å². The molecule has 0 radical (unpaired) electrons. The van der Waals surface area contributed by atoms with Gasteiger partial charge < -0.3 is 9.47 Å². The Morgan fingerprint density at radius 2 is 1.15 bits per heavy atom. The molecule has 0 atom stereocenters. The fourth-order valence-corrected chi connectivity index (χ4v) is 1.46. The maximum absolute atomic E-state index is 11.5. The van der Waals surface area contributed by atoms with Gasteiger partial charge in [0.05, 0.1) is 0 Å². The van der Waals surface area contributed by atoms with Gasteiger partial charge in [-0.2, -0.15) is 0 Å². The molecule has 20 heavy (non-hydrogen) atoms. The third-order valence-corrected chi connectivity index (χ3v) is 2.79. The number of esters is 2. The number of hydrogen-bond acceptors (Lipinski definition) is 4. The number of ether oxygens (including phenoxy) is 2. The molecule has 0 aromatic carbocycles. The van der Waals surface area contributed by atoms with E-state index < -0.39 is 11.9 Å². The van der Waals surface area contributed by atoms with Crippen molar-refractivity contribution in [2.45, 2.75) is 52.4 Å². The first kappa shape index (κ1) is 18.4. The lowest BCUT2D eigenvalue weighted by Crippen LogP contribution is -2.15. The molecule has 0 aliphatic heterocycles. The zero-order chi connectivity index (χ0) is 15.4. The van der Waals surface area contributed by atoms with Crippen LogP contribution in [0.25, 0.3) is 0 Å². The highest BCUT2D eigenvalue weighted by Crippen LogP contribution is 2.08. The minimum atomic E-state index is -0.417. The van der Waals surface area contributed by atoms with Crippen molar-refractivity contribution in [3.05, 3.63) is 24.3 Å². The van der Waals surface area contributed by atoms with E-state index in [4.69, 9.17) is 9.47 Å². The molecule has 0 spiro atoms. The summed E-state index contributed by atoms with van der Waals surface area (Å²) in [4.78, 5) is 23.0. The Bertz CT molecular complexity index is 310. The van der Waals surface area contributed by atoms with Crippen LogP contribution < -0.4 is 0 Å². The van der Waals surface area contributed by atoms with Crippen LogP contribution in [0.5, 0.6) is 0 Å². The Morgan fingerprint density at radius 1 is 0.800 bits per heavy atom. The first-order valence-electron chi connectivity index (χ1n) is 7.22. The van der Waals surface area contributed by atoms with Gasteiger partial charge in [-0.05, 0) is 25.7 Å². The Balaban J connectivity index is 3.74. The highest BCUT2D eigenvalue weighted by molar-refractivity contribution is 5.88. The molecule has 0 aliphatic carbocycles. The largest absolute Gasteiger partial charge is 0.459 e. The Hall–Kier alpha value is -1.58. The molecule has 0 N–H and O–H groups in total. The van der Waals surface area contributed by atoms with Crippen LogP contribution in [0.2, 0.25) is 0 Å². The molecule has 4 nitrogen and oxygen atoms in total. The third-order valence-electron chi connectivity index (χ3n) is 2.79. The summed E-state index contributed by atoms with van der Waals surface area (Å²) in [6, 6.07) is 0. The van der Waals surface area contributed by atoms with E-state index in [1.165, 1.54) is 0 Å². The lowest BCUT2D eigenvalue weighted by molar-refractivity contribution is -0.147. The van der Waals surface area contributed by atoms with Crippen LogP contribution in [0.4, 0.5) is 0 Å². The van der Waals surface area contributed by atoms with Gasteiger partial charge in [-0.1, -0.05) is 39.8 Å². The first-order valence-corrected chi connectivity index (χ1v) is 7.22. The summed E-state index contributed by atoms with van der Waals surface area (Å²) in [6.45, 7) is 11.5. The number of rotatable bonds is 11.